The van der Waals surface area contributed by atoms with Gasteiger partial charge < -0.3 is 5.32 Å². The average molecular weight is 254 g/mol. The van der Waals surface area contributed by atoms with Gasteiger partial charge in [-0.05, 0) is 13.3 Å². The van der Waals surface area contributed by atoms with E-state index in [1.807, 2.05) is 10.0 Å². The van der Waals surface area contributed by atoms with Gasteiger partial charge in [0.2, 0.25) is 5.91 Å². The fraction of sp³-hybridized carbons (Fsp3) is 0.833. The zero-order valence-electron chi connectivity index (χ0n) is 5.93. The van der Waals surface area contributed by atoms with E-state index in [9.17, 15) is 4.79 Å². The van der Waals surface area contributed by atoms with Crippen LogP contribution in [0.2, 0.25) is 0 Å². The highest BCUT2D eigenvalue weighted by atomic mass is 127. The van der Waals surface area contributed by atoms with Crippen LogP contribution < -0.4 is 5.32 Å². The molecule has 1 atom stereocenters. The first kappa shape index (κ1) is 8.26. The second kappa shape index (κ2) is 3.52. The molecule has 0 aliphatic carbocycles. The third kappa shape index (κ3) is 1.82. The second-order valence-corrected chi connectivity index (χ2v) is 3.68. The summed E-state index contributed by atoms with van der Waals surface area (Å²) in [6.07, 6.45) is 1.05. The van der Waals surface area contributed by atoms with Crippen LogP contribution in [0.1, 0.15) is 13.3 Å². The van der Waals surface area contributed by atoms with E-state index < -0.39 is 0 Å². The Morgan fingerprint density at radius 2 is 2.50 bits per heavy atom. The zero-order valence-corrected chi connectivity index (χ0v) is 8.09. The lowest BCUT2D eigenvalue weighted by Gasteiger charge is -2.16. The summed E-state index contributed by atoms with van der Waals surface area (Å²) in [5, 5.41) is 2.84. The number of carbonyl (C=O) groups is 1. The molecular weight excluding hydrogens is 243 g/mol. The Labute approximate surface area is 74.6 Å². The Hall–Kier alpha value is 0.160. The molecule has 0 saturated carbocycles. The van der Waals surface area contributed by atoms with E-state index in [0.717, 1.165) is 19.5 Å². The molecule has 1 rings (SSSR count). The third-order valence-corrected chi connectivity index (χ3v) is 2.97. The summed E-state index contributed by atoms with van der Waals surface area (Å²) < 4.78 is 2.04. The van der Waals surface area contributed by atoms with Crippen LogP contribution >= 0.6 is 22.9 Å². The van der Waals surface area contributed by atoms with Gasteiger partial charge in [-0.25, -0.2) is 3.11 Å². The maximum absolute atomic E-state index is 11.1. The van der Waals surface area contributed by atoms with Gasteiger partial charge in [-0.3, -0.25) is 4.79 Å². The molecular formula is C6H11IN2O. The molecule has 1 N–H and O–H groups in total. The van der Waals surface area contributed by atoms with Gasteiger partial charge in [-0.2, -0.15) is 0 Å². The van der Waals surface area contributed by atoms with Crippen molar-refractivity contribution in [2.75, 3.05) is 13.1 Å². The molecule has 1 aliphatic heterocycles. The first-order valence-corrected chi connectivity index (χ1v) is 4.38. The molecule has 1 amide bonds. The highest BCUT2D eigenvalue weighted by Crippen LogP contribution is 2.09. The summed E-state index contributed by atoms with van der Waals surface area (Å²) in [6.45, 7) is 3.75. The smallest absolute Gasteiger partial charge is 0.237 e. The fourth-order valence-corrected chi connectivity index (χ4v) is 1.50. The predicted octanol–water partition coefficient (Wildman–Crippen LogP) is 0.547. The number of hydrogen-bond acceptors (Lipinski definition) is 2. The van der Waals surface area contributed by atoms with Crippen molar-refractivity contribution in [2.24, 2.45) is 0 Å². The maximum atomic E-state index is 11.1. The van der Waals surface area contributed by atoms with E-state index in [1.54, 1.807) is 0 Å². The van der Waals surface area contributed by atoms with Crippen molar-refractivity contribution >= 4 is 28.8 Å². The Bertz CT molecular complexity index is 140. The minimum atomic E-state index is 0.0306. The lowest BCUT2D eigenvalue weighted by molar-refractivity contribution is -0.123. The molecule has 4 heteroatoms. The highest BCUT2D eigenvalue weighted by Gasteiger charge is 2.20. The summed E-state index contributed by atoms with van der Waals surface area (Å²) in [7, 11) is 0. The van der Waals surface area contributed by atoms with Gasteiger partial charge in [-0.15, -0.1) is 0 Å². The number of halogens is 1. The number of rotatable bonds is 0. The van der Waals surface area contributed by atoms with E-state index in [0.29, 0.717) is 0 Å². The molecule has 1 saturated heterocycles. The summed E-state index contributed by atoms with van der Waals surface area (Å²) in [5.74, 6) is 0.145. The lowest BCUT2D eigenvalue weighted by atomic mass is 10.3. The maximum Gasteiger partial charge on any atom is 0.237 e. The van der Waals surface area contributed by atoms with Crippen molar-refractivity contribution in [3.8, 4) is 0 Å². The molecule has 0 aromatic carbocycles. The second-order valence-electron chi connectivity index (χ2n) is 2.44. The quantitative estimate of drug-likeness (QED) is 0.505. The number of hydrogen-bond donors (Lipinski definition) is 1. The molecule has 58 valence electrons. The van der Waals surface area contributed by atoms with E-state index >= 15 is 0 Å². The summed E-state index contributed by atoms with van der Waals surface area (Å²) >= 11 is 2.20. The van der Waals surface area contributed by atoms with Crippen LogP contribution in [-0.4, -0.2) is 28.2 Å². The summed E-state index contributed by atoms with van der Waals surface area (Å²) in [5.41, 5.74) is 0. The largest absolute Gasteiger partial charge is 0.355 e. The molecule has 10 heavy (non-hydrogen) atoms. The highest BCUT2D eigenvalue weighted by molar-refractivity contribution is 14.1. The molecule has 1 aliphatic rings. The molecule has 3 nitrogen and oxygen atoms in total. The van der Waals surface area contributed by atoms with Gasteiger partial charge in [-0.1, -0.05) is 0 Å². The molecule has 1 heterocycles. The topological polar surface area (TPSA) is 32.3 Å². The van der Waals surface area contributed by atoms with E-state index in [2.05, 4.69) is 28.2 Å². The molecule has 0 aromatic heterocycles. The molecule has 0 bridgehead atoms. The molecule has 0 spiro atoms. The van der Waals surface area contributed by atoms with E-state index in [4.69, 9.17) is 0 Å². The van der Waals surface area contributed by atoms with Crippen LogP contribution in [-0.2, 0) is 4.79 Å². The SMILES string of the molecule is CC1C(=O)NCCCN1I. The van der Waals surface area contributed by atoms with Crippen molar-refractivity contribution in [1.82, 2.24) is 8.43 Å². The first-order chi connectivity index (χ1) is 4.72. The van der Waals surface area contributed by atoms with Crippen LogP contribution in [0.5, 0.6) is 0 Å². The first-order valence-electron chi connectivity index (χ1n) is 3.42. The van der Waals surface area contributed by atoms with E-state index in [1.165, 1.54) is 0 Å². The Morgan fingerprint density at radius 1 is 1.80 bits per heavy atom. The lowest BCUT2D eigenvalue weighted by Crippen LogP contribution is -2.36. The molecule has 1 fully saturated rings. The number of amides is 1. The van der Waals surface area contributed by atoms with Gasteiger partial charge in [0, 0.05) is 36.0 Å². The molecule has 0 aromatic rings. The van der Waals surface area contributed by atoms with Crippen LogP contribution in [0.15, 0.2) is 0 Å². The van der Waals surface area contributed by atoms with Crippen molar-refractivity contribution in [1.29, 1.82) is 0 Å². The minimum absolute atomic E-state index is 0.0306. The number of carbonyl (C=O) groups excluding carboxylic acids is 1. The summed E-state index contributed by atoms with van der Waals surface area (Å²) in [6, 6.07) is 0.0306. The van der Waals surface area contributed by atoms with Crippen LogP contribution in [0.3, 0.4) is 0 Å². The molecule has 1 unspecified atom stereocenters. The van der Waals surface area contributed by atoms with Crippen LogP contribution in [0.25, 0.3) is 0 Å². The Balaban J connectivity index is 2.55. The normalized spacial score (nSPS) is 29.4. The Morgan fingerprint density at radius 3 is 3.20 bits per heavy atom. The van der Waals surface area contributed by atoms with Crippen molar-refractivity contribution in [2.45, 2.75) is 19.4 Å². The predicted molar refractivity (Wildman–Crippen MR) is 47.8 cm³/mol. The Kier molecular flexibility index (Phi) is 2.91. The van der Waals surface area contributed by atoms with Crippen molar-refractivity contribution < 1.29 is 4.79 Å². The molecule has 0 radical (unpaired) electrons. The monoisotopic (exact) mass is 254 g/mol. The van der Waals surface area contributed by atoms with Gasteiger partial charge in [0.1, 0.15) is 0 Å². The van der Waals surface area contributed by atoms with Gasteiger partial charge in [0.25, 0.3) is 0 Å². The average Bonchev–Trinajstić information content (AvgIpc) is 2.04. The minimum Gasteiger partial charge on any atom is -0.355 e. The van der Waals surface area contributed by atoms with Crippen LogP contribution in [0, 0.1) is 0 Å². The zero-order chi connectivity index (χ0) is 7.56. The number of nitrogens with zero attached hydrogens (tertiary/aromatic N) is 1. The van der Waals surface area contributed by atoms with E-state index in [-0.39, 0.29) is 11.9 Å². The van der Waals surface area contributed by atoms with Gasteiger partial charge in [0.15, 0.2) is 0 Å². The fourth-order valence-electron chi connectivity index (χ4n) is 0.910. The van der Waals surface area contributed by atoms with Crippen molar-refractivity contribution in [3.05, 3.63) is 0 Å². The third-order valence-electron chi connectivity index (χ3n) is 1.65. The summed E-state index contributed by atoms with van der Waals surface area (Å²) in [4.78, 5) is 11.1. The standard InChI is InChI=1S/C6H11IN2O/c1-5-6(10)8-3-2-4-9(5)7/h5H,2-4H2,1H3,(H,8,10). The number of nitrogens with one attached hydrogen (secondary N) is 1. The van der Waals surface area contributed by atoms with Crippen LogP contribution in [0.4, 0.5) is 0 Å². The van der Waals surface area contributed by atoms with Crippen molar-refractivity contribution in [3.63, 3.8) is 0 Å². The van der Waals surface area contributed by atoms with Gasteiger partial charge >= 0.3 is 0 Å². The van der Waals surface area contributed by atoms with Gasteiger partial charge in [0.05, 0.1) is 6.04 Å².